The number of hydrogen-bond acceptors (Lipinski definition) is 3. The number of rotatable bonds is 4. The Bertz CT molecular complexity index is 1080. The summed E-state index contributed by atoms with van der Waals surface area (Å²) in [4.78, 5) is 22.4. The van der Waals surface area contributed by atoms with E-state index < -0.39 is 0 Å². The monoisotopic (exact) mass is 480 g/mol. The van der Waals surface area contributed by atoms with E-state index in [1.54, 1.807) is 0 Å². The normalized spacial score (nSPS) is 20.6. The standard InChI is InChI=1S/C25H29BrN4O/c1-28-10-2-11-29(14-13-28)16-18-3-5-19(6-4-18)25-24-21(9-12-30(25)17-31)22-15-20(26)7-8-23(22)27-24/h3-8,15,17,25,27H,2,9-14,16H2,1H3. The molecule has 2 aliphatic heterocycles. The number of aromatic amines is 1. The summed E-state index contributed by atoms with van der Waals surface area (Å²) in [5.74, 6) is 0. The Balaban J connectivity index is 1.42. The Morgan fingerprint density at radius 2 is 1.90 bits per heavy atom. The molecule has 3 aromatic rings. The fourth-order valence-corrected chi connectivity index (χ4v) is 5.43. The third-order valence-electron chi connectivity index (χ3n) is 6.78. The van der Waals surface area contributed by atoms with Crippen molar-refractivity contribution < 1.29 is 4.79 Å². The van der Waals surface area contributed by atoms with Gasteiger partial charge in [-0.05, 0) is 67.9 Å². The van der Waals surface area contributed by atoms with Crippen molar-refractivity contribution in [1.29, 1.82) is 0 Å². The van der Waals surface area contributed by atoms with Gasteiger partial charge in [-0.3, -0.25) is 9.69 Å². The number of amides is 1. The van der Waals surface area contributed by atoms with Crippen molar-refractivity contribution in [3.63, 3.8) is 0 Å². The molecular formula is C25H29BrN4O. The Morgan fingerprint density at radius 1 is 1.06 bits per heavy atom. The summed E-state index contributed by atoms with van der Waals surface area (Å²) in [6, 6.07) is 15.2. The molecule has 1 saturated heterocycles. The van der Waals surface area contributed by atoms with Crippen molar-refractivity contribution in [1.82, 2.24) is 19.7 Å². The first-order valence-corrected chi connectivity index (χ1v) is 11.9. The molecule has 1 aromatic heterocycles. The minimum Gasteiger partial charge on any atom is -0.356 e. The van der Waals surface area contributed by atoms with Gasteiger partial charge in [0, 0.05) is 47.2 Å². The Kier molecular flexibility index (Phi) is 5.87. The number of aromatic nitrogens is 1. The van der Waals surface area contributed by atoms with Crippen molar-refractivity contribution in [2.75, 3.05) is 39.8 Å². The van der Waals surface area contributed by atoms with Gasteiger partial charge >= 0.3 is 0 Å². The number of fused-ring (bicyclic) bond motifs is 3. The average molecular weight is 481 g/mol. The number of benzene rings is 2. The van der Waals surface area contributed by atoms with Gasteiger partial charge in [-0.1, -0.05) is 40.2 Å². The first-order valence-electron chi connectivity index (χ1n) is 11.1. The van der Waals surface area contributed by atoms with E-state index in [0.717, 1.165) is 66.8 Å². The molecule has 3 heterocycles. The summed E-state index contributed by atoms with van der Waals surface area (Å²) >= 11 is 3.60. The molecule has 0 saturated carbocycles. The van der Waals surface area contributed by atoms with Gasteiger partial charge in [-0.2, -0.15) is 0 Å². The van der Waals surface area contributed by atoms with Crippen LogP contribution in [0.2, 0.25) is 0 Å². The van der Waals surface area contributed by atoms with E-state index in [-0.39, 0.29) is 6.04 Å². The quantitative estimate of drug-likeness (QED) is 0.569. The molecule has 2 aliphatic rings. The number of likely N-dealkylation sites (N-methyl/N-ethyl adjacent to an activating group) is 1. The number of carbonyl (C=O) groups excluding carboxylic acids is 1. The lowest BCUT2D eigenvalue weighted by Gasteiger charge is -2.33. The predicted molar refractivity (Wildman–Crippen MR) is 128 cm³/mol. The van der Waals surface area contributed by atoms with Crippen molar-refractivity contribution in [2.45, 2.75) is 25.4 Å². The van der Waals surface area contributed by atoms with Gasteiger partial charge in [0.1, 0.15) is 0 Å². The van der Waals surface area contributed by atoms with Gasteiger partial charge < -0.3 is 14.8 Å². The SMILES string of the molecule is CN1CCCN(Cc2ccc(C3c4[nH]c5ccc(Br)cc5c4CCN3C=O)cc2)CC1. The molecule has 0 spiro atoms. The van der Waals surface area contributed by atoms with Crippen LogP contribution in [0.15, 0.2) is 46.9 Å². The van der Waals surface area contributed by atoms with Crippen molar-refractivity contribution in [3.05, 3.63) is 69.3 Å². The minimum absolute atomic E-state index is 0.0617. The molecule has 2 aromatic carbocycles. The smallest absolute Gasteiger partial charge is 0.210 e. The fourth-order valence-electron chi connectivity index (χ4n) is 5.07. The minimum atomic E-state index is -0.0617. The van der Waals surface area contributed by atoms with Crippen molar-refractivity contribution >= 4 is 33.2 Å². The highest BCUT2D eigenvalue weighted by atomic mass is 79.9. The second-order valence-corrected chi connectivity index (χ2v) is 9.79. The first kappa shape index (κ1) is 20.7. The van der Waals surface area contributed by atoms with E-state index in [4.69, 9.17) is 0 Å². The number of halogens is 1. The molecule has 0 radical (unpaired) electrons. The topological polar surface area (TPSA) is 42.6 Å². The third kappa shape index (κ3) is 4.16. The van der Waals surface area contributed by atoms with Gasteiger partial charge in [0.05, 0.1) is 6.04 Å². The van der Waals surface area contributed by atoms with Gasteiger partial charge in [0.2, 0.25) is 6.41 Å². The molecular weight excluding hydrogens is 452 g/mol. The highest BCUT2D eigenvalue weighted by Gasteiger charge is 2.31. The number of H-pyrrole nitrogens is 1. The third-order valence-corrected chi connectivity index (χ3v) is 7.27. The van der Waals surface area contributed by atoms with Gasteiger partial charge in [0.15, 0.2) is 0 Å². The maximum absolute atomic E-state index is 11.9. The van der Waals surface area contributed by atoms with Crippen LogP contribution in [0.1, 0.15) is 34.8 Å². The molecule has 1 amide bonds. The predicted octanol–water partition coefficient (Wildman–Crippen LogP) is 4.17. The van der Waals surface area contributed by atoms with Crippen LogP contribution in [0.3, 0.4) is 0 Å². The second kappa shape index (κ2) is 8.77. The molecule has 1 atom stereocenters. The molecule has 162 valence electrons. The van der Waals surface area contributed by atoms with Crippen LogP contribution in [0.5, 0.6) is 0 Å². The van der Waals surface area contributed by atoms with E-state index in [9.17, 15) is 4.79 Å². The van der Waals surface area contributed by atoms with Gasteiger partial charge in [-0.15, -0.1) is 0 Å². The molecule has 1 fully saturated rings. The van der Waals surface area contributed by atoms with E-state index in [1.807, 2.05) is 4.90 Å². The van der Waals surface area contributed by atoms with Crippen molar-refractivity contribution in [2.24, 2.45) is 0 Å². The van der Waals surface area contributed by atoms with Gasteiger partial charge in [0.25, 0.3) is 0 Å². The zero-order valence-corrected chi connectivity index (χ0v) is 19.6. The molecule has 0 aliphatic carbocycles. The molecule has 31 heavy (non-hydrogen) atoms. The Hall–Kier alpha value is -2.15. The zero-order valence-electron chi connectivity index (χ0n) is 18.0. The highest BCUT2D eigenvalue weighted by molar-refractivity contribution is 9.10. The first-order chi connectivity index (χ1) is 15.1. The molecule has 1 unspecified atom stereocenters. The van der Waals surface area contributed by atoms with E-state index in [0.29, 0.717) is 0 Å². The molecule has 5 nitrogen and oxygen atoms in total. The Morgan fingerprint density at radius 3 is 2.71 bits per heavy atom. The van der Waals surface area contributed by atoms with Crippen LogP contribution >= 0.6 is 15.9 Å². The van der Waals surface area contributed by atoms with Crippen LogP contribution < -0.4 is 0 Å². The number of nitrogens with zero attached hydrogens (tertiary/aromatic N) is 3. The van der Waals surface area contributed by atoms with Crippen LogP contribution in [-0.4, -0.2) is 65.9 Å². The summed E-state index contributed by atoms with van der Waals surface area (Å²) in [7, 11) is 2.21. The summed E-state index contributed by atoms with van der Waals surface area (Å²) in [6.45, 7) is 6.32. The maximum atomic E-state index is 11.9. The highest BCUT2D eigenvalue weighted by Crippen LogP contribution is 2.38. The average Bonchev–Trinajstić information content (AvgIpc) is 3.02. The molecule has 0 bridgehead atoms. The summed E-state index contributed by atoms with van der Waals surface area (Å²) in [5.41, 5.74) is 6.11. The summed E-state index contributed by atoms with van der Waals surface area (Å²) in [6.07, 6.45) is 3.10. The number of carbonyl (C=O) groups is 1. The van der Waals surface area contributed by atoms with Gasteiger partial charge in [-0.25, -0.2) is 0 Å². The Labute approximate surface area is 192 Å². The number of hydrogen-bond donors (Lipinski definition) is 1. The zero-order chi connectivity index (χ0) is 21.4. The summed E-state index contributed by atoms with van der Waals surface area (Å²) in [5, 5.41) is 1.25. The fraction of sp³-hybridized carbons (Fsp3) is 0.400. The molecule has 6 heteroatoms. The molecule has 5 rings (SSSR count). The van der Waals surface area contributed by atoms with Crippen molar-refractivity contribution in [3.8, 4) is 0 Å². The number of nitrogens with one attached hydrogen (secondary N) is 1. The lowest BCUT2D eigenvalue weighted by molar-refractivity contribution is -0.120. The lowest BCUT2D eigenvalue weighted by atomic mass is 9.92. The van der Waals surface area contributed by atoms with Crippen LogP contribution in [0.25, 0.3) is 10.9 Å². The largest absolute Gasteiger partial charge is 0.356 e. The molecule has 1 N–H and O–H groups in total. The van der Waals surface area contributed by atoms with E-state index in [2.05, 4.69) is 80.2 Å². The van der Waals surface area contributed by atoms with E-state index >= 15 is 0 Å². The summed E-state index contributed by atoms with van der Waals surface area (Å²) < 4.78 is 1.08. The maximum Gasteiger partial charge on any atom is 0.210 e. The van der Waals surface area contributed by atoms with E-state index in [1.165, 1.54) is 29.5 Å². The van der Waals surface area contributed by atoms with Crippen LogP contribution in [0, 0.1) is 0 Å². The van der Waals surface area contributed by atoms with Crippen LogP contribution in [-0.2, 0) is 17.8 Å². The second-order valence-electron chi connectivity index (χ2n) is 8.88. The van der Waals surface area contributed by atoms with Crippen LogP contribution in [0.4, 0.5) is 0 Å². The lowest BCUT2D eigenvalue weighted by Crippen LogP contribution is -2.35.